The van der Waals surface area contributed by atoms with E-state index in [-0.39, 0.29) is 11.3 Å². The lowest BCUT2D eigenvalue weighted by Crippen LogP contribution is -2.18. The normalized spacial score (nSPS) is 11.5. The maximum atomic E-state index is 13.1. The standard InChI is InChI=1S/C8H6ClF4NO/c9-3-5-6(10)1-4(14)2-7(5)15-8(11,12)13/h1-2H,3,14H2. The zero-order chi connectivity index (χ0) is 11.6. The molecule has 84 valence electrons. The summed E-state index contributed by atoms with van der Waals surface area (Å²) in [5, 5.41) is 0. The van der Waals surface area contributed by atoms with Crippen LogP contribution in [0.1, 0.15) is 5.56 Å². The minimum absolute atomic E-state index is 0.166. The van der Waals surface area contributed by atoms with Gasteiger partial charge in [-0.2, -0.15) is 0 Å². The van der Waals surface area contributed by atoms with Gasteiger partial charge in [-0.3, -0.25) is 0 Å². The Hall–Kier alpha value is -1.17. The molecule has 1 aromatic rings. The lowest BCUT2D eigenvalue weighted by Gasteiger charge is -2.13. The summed E-state index contributed by atoms with van der Waals surface area (Å²) in [5.41, 5.74) is 4.63. The van der Waals surface area contributed by atoms with Crippen LogP contribution in [0.5, 0.6) is 5.75 Å². The predicted octanol–water partition coefficient (Wildman–Crippen LogP) is 3.05. The van der Waals surface area contributed by atoms with E-state index in [9.17, 15) is 17.6 Å². The first-order valence-electron chi connectivity index (χ1n) is 3.73. The van der Waals surface area contributed by atoms with Crippen molar-refractivity contribution in [3.63, 3.8) is 0 Å². The molecule has 0 atom stereocenters. The second-order valence-corrected chi connectivity index (χ2v) is 2.93. The Morgan fingerprint density at radius 2 is 1.93 bits per heavy atom. The molecule has 0 saturated heterocycles. The number of alkyl halides is 4. The highest BCUT2D eigenvalue weighted by Crippen LogP contribution is 2.31. The van der Waals surface area contributed by atoms with E-state index < -0.39 is 23.8 Å². The van der Waals surface area contributed by atoms with Crippen LogP contribution in [0.3, 0.4) is 0 Å². The van der Waals surface area contributed by atoms with Gasteiger partial charge in [0.2, 0.25) is 0 Å². The maximum Gasteiger partial charge on any atom is 0.573 e. The second kappa shape index (κ2) is 4.14. The number of ether oxygens (including phenoxy) is 1. The van der Waals surface area contributed by atoms with Crippen LogP contribution in [0.25, 0.3) is 0 Å². The van der Waals surface area contributed by atoms with Crippen molar-refractivity contribution >= 4 is 17.3 Å². The van der Waals surface area contributed by atoms with Gasteiger partial charge in [0.15, 0.2) is 0 Å². The Bertz CT molecular complexity index is 366. The third kappa shape index (κ3) is 3.16. The van der Waals surface area contributed by atoms with Gasteiger partial charge >= 0.3 is 6.36 Å². The van der Waals surface area contributed by atoms with Crippen molar-refractivity contribution in [1.29, 1.82) is 0 Å². The van der Waals surface area contributed by atoms with E-state index >= 15 is 0 Å². The fourth-order valence-electron chi connectivity index (χ4n) is 0.977. The van der Waals surface area contributed by atoms with Crippen LogP contribution in [0.4, 0.5) is 23.2 Å². The van der Waals surface area contributed by atoms with E-state index in [4.69, 9.17) is 17.3 Å². The summed E-state index contributed by atoms with van der Waals surface area (Å²) in [6.07, 6.45) is -4.90. The SMILES string of the molecule is Nc1cc(F)c(CCl)c(OC(F)(F)F)c1. The predicted molar refractivity (Wildman–Crippen MR) is 47.1 cm³/mol. The molecule has 7 heteroatoms. The Balaban J connectivity index is 3.15. The van der Waals surface area contributed by atoms with Crippen LogP contribution < -0.4 is 10.5 Å². The number of hydrogen-bond donors (Lipinski definition) is 1. The van der Waals surface area contributed by atoms with E-state index in [0.717, 1.165) is 12.1 Å². The van der Waals surface area contributed by atoms with Gasteiger partial charge in [-0.15, -0.1) is 24.8 Å². The van der Waals surface area contributed by atoms with Gasteiger partial charge in [0.25, 0.3) is 0 Å². The molecule has 0 bridgehead atoms. The summed E-state index contributed by atoms with van der Waals surface area (Å²) < 4.78 is 52.3. The van der Waals surface area contributed by atoms with Gasteiger partial charge in [0.1, 0.15) is 11.6 Å². The van der Waals surface area contributed by atoms with Gasteiger partial charge < -0.3 is 10.5 Å². The second-order valence-electron chi connectivity index (χ2n) is 2.66. The fraction of sp³-hybridized carbons (Fsp3) is 0.250. The molecule has 0 aliphatic heterocycles. The molecule has 0 aliphatic rings. The van der Waals surface area contributed by atoms with Crippen molar-refractivity contribution in [2.45, 2.75) is 12.2 Å². The fourth-order valence-corrected chi connectivity index (χ4v) is 1.24. The van der Waals surface area contributed by atoms with E-state index in [2.05, 4.69) is 4.74 Å². The third-order valence-electron chi connectivity index (χ3n) is 1.54. The van der Waals surface area contributed by atoms with Crippen LogP contribution in [0.2, 0.25) is 0 Å². The van der Waals surface area contributed by atoms with Crippen molar-refractivity contribution in [2.24, 2.45) is 0 Å². The molecule has 2 N–H and O–H groups in total. The summed E-state index contributed by atoms with van der Waals surface area (Å²) in [6.45, 7) is 0. The Labute approximate surface area is 87.6 Å². The van der Waals surface area contributed by atoms with Crippen molar-refractivity contribution in [2.75, 3.05) is 5.73 Å². The maximum absolute atomic E-state index is 13.1. The molecule has 0 amide bonds. The van der Waals surface area contributed by atoms with Crippen LogP contribution in [-0.2, 0) is 5.88 Å². The molecular weight excluding hydrogens is 238 g/mol. The van der Waals surface area contributed by atoms with Gasteiger partial charge in [0, 0.05) is 17.3 Å². The van der Waals surface area contributed by atoms with Crippen LogP contribution in [0, 0.1) is 5.82 Å². The van der Waals surface area contributed by atoms with E-state index in [1.54, 1.807) is 0 Å². The van der Waals surface area contributed by atoms with Gasteiger partial charge in [0.05, 0.1) is 5.88 Å². The highest BCUT2D eigenvalue weighted by molar-refractivity contribution is 6.17. The van der Waals surface area contributed by atoms with Crippen molar-refractivity contribution in [3.05, 3.63) is 23.5 Å². The summed E-state index contributed by atoms with van der Waals surface area (Å²) in [6, 6.07) is 1.75. The molecule has 15 heavy (non-hydrogen) atoms. The monoisotopic (exact) mass is 243 g/mol. The number of rotatable bonds is 2. The van der Waals surface area contributed by atoms with Crippen molar-refractivity contribution in [3.8, 4) is 5.75 Å². The van der Waals surface area contributed by atoms with E-state index in [0.29, 0.717) is 0 Å². The average molecular weight is 244 g/mol. The van der Waals surface area contributed by atoms with Crippen molar-refractivity contribution in [1.82, 2.24) is 0 Å². The minimum Gasteiger partial charge on any atom is -0.405 e. The molecule has 0 heterocycles. The number of halogens is 5. The molecule has 0 aliphatic carbocycles. The zero-order valence-electron chi connectivity index (χ0n) is 7.24. The topological polar surface area (TPSA) is 35.2 Å². The molecule has 0 radical (unpaired) electrons. The quantitative estimate of drug-likeness (QED) is 0.492. The zero-order valence-corrected chi connectivity index (χ0v) is 7.99. The first kappa shape index (κ1) is 11.9. The van der Waals surface area contributed by atoms with Gasteiger partial charge in [-0.25, -0.2) is 4.39 Å². The highest BCUT2D eigenvalue weighted by atomic mass is 35.5. The number of nitrogens with two attached hydrogens (primary N) is 1. The summed E-state index contributed by atoms with van der Waals surface area (Å²) >= 11 is 5.29. The molecule has 1 aromatic carbocycles. The minimum atomic E-state index is -4.90. The van der Waals surface area contributed by atoms with E-state index in [1.165, 1.54) is 0 Å². The molecule has 0 fully saturated rings. The molecule has 2 nitrogen and oxygen atoms in total. The van der Waals surface area contributed by atoms with Crippen LogP contribution in [0.15, 0.2) is 12.1 Å². The first-order chi connectivity index (χ1) is 6.83. The molecule has 0 spiro atoms. The largest absolute Gasteiger partial charge is 0.573 e. The van der Waals surface area contributed by atoms with Gasteiger partial charge in [-0.1, -0.05) is 0 Å². The number of nitrogen functional groups attached to an aromatic ring is 1. The first-order valence-corrected chi connectivity index (χ1v) is 4.26. The van der Waals surface area contributed by atoms with Crippen LogP contribution >= 0.6 is 11.6 Å². The van der Waals surface area contributed by atoms with Gasteiger partial charge in [-0.05, 0) is 6.07 Å². The smallest absolute Gasteiger partial charge is 0.405 e. The molecule has 0 unspecified atom stereocenters. The third-order valence-corrected chi connectivity index (χ3v) is 1.80. The number of anilines is 1. The lowest BCUT2D eigenvalue weighted by molar-refractivity contribution is -0.274. The number of benzene rings is 1. The van der Waals surface area contributed by atoms with Crippen molar-refractivity contribution < 1.29 is 22.3 Å². The molecule has 0 aromatic heterocycles. The summed E-state index contributed by atoms with van der Waals surface area (Å²) in [5.74, 6) is -2.07. The molecular formula is C8H6ClF4NO. The van der Waals surface area contributed by atoms with E-state index in [1.807, 2.05) is 0 Å². The number of hydrogen-bond acceptors (Lipinski definition) is 2. The lowest BCUT2D eigenvalue weighted by atomic mass is 10.2. The summed E-state index contributed by atoms with van der Waals surface area (Å²) in [7, 11) is 0. The molecule has 1 rings (SSSR count). The highest BCUT2D eigenvalue weighted by Gasteiger charge is 2.32. The van der Waals surface area contributed by atoms with Crippen LogP contribution in [-0.4, -0.2) is 6.36 Å². The Morgan fingerprint density at radius 3 is 2.40 bits per heavy atom. The Morgan fingerprint density at radius 1 is 1.33 bits per heavy atom. The summed E-state index contributed by atoms with van der Waals surface area (Å²) in [4.78, 5) is 0. The molecule has 0 saturated carbocycles. The average Bonchev–Trinajstić information content (AvgIpc) is 1.99. The Kier molecular flexibility index (Phi) is 3.28.